The zero-order valence-corrected chi connectivity index (χ0v) is 13.9. The van der Waals surface area contributed by atoms with Crippen LogP contribution in [-0.2, 0) is 5.60 Å². The van der Waals surface area contributed by atoms with Crippen LogP contribution in [0.2, 0.25) is 0 Å². The second-order valence-electron chi connectivity index (χ2n) is 6.68. The number of hydrogen-bond acceptors (Lipinski definition) is 5. The van der Waals surface area contributed by atoms with Crippen molar-refractivity contribution in [2.75, 3.05) is 6.61 Å². The fourth-order valence-electron chi connectivity index (χ4n) is 3.18. The number of rotatable bonds is 2. The van der Waals surface area contributed by atoms with Crippen molar-refractivity contribution in [3.8, 4) is 17.0 Å². The highest BCUT2D eigenvalue weighted by atomic mass is 19.1. The van der Waals surface area contributed by atoms with Crippen LogP contribution in [0.25, 0.3) is 22.3 Å². The highest BCUT2D eigenvalue weighted by Gasteiger charge is 2.34. The summed E-state index contributed by atoms with van der Waals surface area (Å²) in [5, 5.41) is 10.4. The van der Waals surface area contributed by atoms with Gasteiger partial charge in [-0.3, -0.25) is 0 Å². The standard InChI is InChI=1S/C17H16F2N4O2/c1-8-6-25-15-9(12-11(19)5-20-7-21-12)4-10(18)13-14(15)23(8)16(22-13)17(2,3)24/h4-5,7-8,24H,6H2,1-3H3. The predicted molar refractivity (Wildman–Crippen MR) is 86.1 cm³/mol. The van der Waals surface area contributed by atoms with Gasteiger partial charge in [0.1, 0.15) is 41.1 Å². The highest BCUT2D eigenvalue weighted by Crippen LogP contribution is 2.43. The molecule has 1 aliphatic rings. The van der Waals surface area contributed by atoms with Crippen LogP contribution in [0, 0.1) is 11.6 Å². The average Bonchev–Trinajstić information content (AvgIpc) is 2.96. The minimum Gasteiger partial charge on any atom is -0.488 e. The summed E-state index contributed by atoms with van der Waals surface area (Å²) >= 11 is 0. The Morgan fingerprint density at radius 2 is 2.08 bits per heavy atom. The third kappa shape index (κ3) is 2.28. The number of benzene rings is 1. The van der Waals surface area contributed by atoms with Gasteiger partial charge in [-0.1, -0.05) is 0 Å². The molecule has 3 aromatic rings. The quantitative estimate of drug-likeness (QED) is 0.772. The lowest BCUT2D eigenvalue weighted by molar-refractivity contribution is 0.0616. The Balaban J connectivity index is 2.13. The molecule has 1 atom stereocenters. The maximum Gasteiger partial charge on any atom is 0.167 e. The maximum absolute atomic E-state index is 14.7. The van der Waals surface area contributed by atoms with Crippen molar-refractivity contribution >= 4 is 11.0 Å². The molecule has 1 unspecified atom stereocenters. The molecule has 130 valence electrons. The molecule has 4 rings (SSSR count). The topological polar surface area (TPSA) is 73.1 Å². The first-order valence-electron chi connectivity index (χ1n) is 7.85. The summed E-state index contributed by atoms with van der Waals surface area (Å²) in [7, 11) is 0. The lowest BCUT2D eigenvalue weighted by Crippen LogP contribution is -2.28. The van der Waals surface area contributed by atoms with Gasteiger partial charge in [-0.25, -0.2) is 23.7 Å². The molecule has 2 aromatic heterocycles. The van der Waals surface area contributed by atoms with E-state index in [1.165, 1.54) is 6.33 Å². The van der Waals surface area contributed by atoms with Gasteiger partial charge in [0.25, 0.3) is 0 Å². The third-order valence-electron chi connectivity index (χ3n) is 4.25. The molecule has 0 amide bonds. The Kier molecular flexibility index (Phi) is 3.30. The van der Waals surface area contributed by atoms with Gasteiger partial charge in [-0.2, -0.15) is 0 Å². The van der Waals surface area contributed by atoms with Gasteiger partial charge in [0.2, 0.25) is 0 Å². The molecule has 1 N–H and O–H groups in total. The largest absolute Gasteiger partial charge is 0.488 e. The molecule has 0 radical (unpaired) electrons. The van der Waals surface area contributed by atoms with Gasteiger partial charge < -0.3 is 14.4 Å². The Bertz CT molecular complexity index is 994. The molecule has 0 saturated carbocycles. The number of aliphatic hydroxyl groups is 1. The summed E-state index contributed by atoms with van der Waals surface area (Å²) in [6, 6.07) is 0.994. The van der Waals surface area contributed by atoms with Gasteiger partial charge in [0, 0.05) is 0 Å². The van der Waals surface area contributed by atoms with Gasteiger partial charge in [0.15, 0.2) is 17.4 Å². The molecule has 25 heavy (non-hydrogen) atoms. The lowest BCUT2D eigenvalue weighted by atomic mass is 10.1. The molecular weight excluding hydrogens is 330 g/mol. The fraction of sp³-hybridized carbons (Fsp3) is 0.353. The fourth-order valence-corrected chi connectivity index (χ4v) is 3.18. The maximum atomic E-state index is 14.7. The minimum atomic E-state index is -1.27. The van der Waals surface area contributed by atoms with E-state index in [0.29, 0.717) is 17.1 Å². The smallest absolute Gasteiger partial charge is 0.167 e. The average molecular weight is 346 g/mol. The van der Waals surface area contributed by atoms with E-state index < -0.39 is 17.2 Å². The van der Waals surface area contributed by atoms with Gasteiger partial charge in [-0.05, 0) is 26.8 Å². The lowest BCUT2D eigenvalue weighted by Gasteiger charge is -2.28. The van der Waals surface area contributed by atoms with Crippen molar-refractivity contribution in [1.82, 2.24) is 19.5 Å². The molecule has 8 heteroatoms. The first-order valence-corrected chi connectivity index (χ1v) is 7.85. The Morgan fingerprint density at radius 3 is 2.76 bits per heavy atom. The molecule has 0 bridgehead atoms. The van der Waals surface area contributed by atoms with Crippen LogP contribution in [0.15, 0.2) is 18.6 Å². The van der Waals surface area contributed by atoms with Crippen molar-refractivity contribution in [1.29, 1.82) is 0 Å². The molecule has 3 heterocycles. The molecule has 6 nitrogen and oxygen atoms in total. The minimum absolute atomic E-state index is 0.0436. The van der Waals surface area contributed by atoms with E-state index in [4.69, 9.17) is 4.74 Å². The van der Waals surface area contributed by atoms with Crippen LogP contribution in [0.3, 0.4) is 0 Å². The number of imidazole rings is 1. The van der Waals surface area contributed by atoms with Crippen molar-refractivity contribution in [2.24, 2.45) is 0 Å². The van der Waals surface area contributed by atoms with Crippen LogP contribution in [-0.4, -0.2) is 31.2 Å². The Hall–Kier alpha value is -2.61. The van der Waals surface area contributed by atoms with Crippen molar-refractivity contribution < 1.29 is 18.6 Å². The normalized spacial score (nSPS) is 17.0. The number of ether oxygens (including phenoxy) is 1. The Morgan fingerprint density at radius 1 is 1.32 bits per heavy atom. The second kappa shape index (κ2) is 5.19. The molecule has 0 fully saturated rings. The zero-order valence-electron chi connectivity index (χ0n) is 13.9. The molecular formula is C17H16F2N4O2. The van der Waals surface area contributed by atoms with E-state index in [2.05, 4.69) is 15.0 Å². The van der Waals surface area contributed by atoms with Crippen LogP contribution in [0.1, 0.15) is 32.6 Å². The van der Waals surface area contributed by atoms with E-state index in [9.17, 15) is 13.9 Å². The third-order valence-corrected chi connectivity index (χ3v) is 4.25. The van der Waals surface area contributed by atoms with E-state index >= 15 is 0 Å². The van der Waals surface area contributed by atoms with Crippen LogP contribution < -0.4 is 4.74 Å². The van der Waals surface area contributed by atoms with Crippen LogP contribution >= 0.6 is 0 Å². The molecule has 0 aliphatic carbocycles. The second-order valence-corrected chi connectivity index (χ2v) is 6.68. The predicted octanol–water partition coefficient (Wildman–Crippen LogP) is 2.95. The van der Waals surface area contributed by atoms with Crippen molar-refractivity contribution in [3.63, 3.8) is 0 Å². The first-order chi connectivity index (χ1) is 11.8. The summed E-state index contributed by atoms with van der Waals surface area (Å²) in [5.74, 6) is -0.670. The summed E-state index contributed by atoms with van der Waals surface area (Å²) in [4.78, 5) is 11.8. The highest BCUT2D eigenvalue weighted by molar-refractivity contribution is 5.92. The SMILES string of the molecule is CC1COc2c(-c3ncncc3F)cc(F)c3nc(C(C)(C)O)n1c23. The van der Waals surface area contributed by atoms with Crippen molar-refractivity contribution in [2.45, 2.75) is 32.4 Å². The monoisotopic (exact) mass is 346 g/mol. The summed E-state index contributed by atoms with van der Waals surface area (Å²) < 4.78 is 36.4. The van der Waals surface area contributed by atoms with Gasteiger partial charge >= 0.3 is 0 Å². The van der Waals surface area contributed by atoms with E-state index in [-0.39, 0.29) is 29.4 Å². The number of hydrogen-bond donors (Lipinski definition) is 1. The zero-order chi connectivity index (χ0) is 17.9. The van der Waals surface area contributed by atoms with Gasteiger partial charge in [0.05, 0.1) is 17.8 Å². The number of nitrogens with zero attached hydrogens (tertiary/aromatic N) is 4. The van der Waals surface area contributed by atoms with Crippen molar-refractivity contribution in [3.05, 3.63) is 36.0 Å². The van der Waals surface area contributed by atoms with E-state index in [0.717, 1.165) is 12.3 Å². The number of aromatic nitrogens is 4. The Labute approximate surface area is 142 Å². The molecule has 1 aliphatic heterocycles. The van der Waals surface area contributed by atoms with Gasteiger partial charge in [-0.15, -0.1) is 0 Å². The molecule has 0 saturated heterocycles. The number of halogens is 2. The molecule has 1 aromatic carbocycles. The summed E-state index contributed by atoms with van der Waals surface area (Å²) in [6.07, 6.45) is 2.21. The summed E-state index contributed by atoms with van der Waals surface area (Å²) in [6.45, 7) is 5.34. The molecule has 0 spiro atoms. The van der Waals surface area contributed by atoms with E-state index in [1.807, 2.05) is 6.92 Å². The van der Waals surface area contributed by atoms with Crippen LogP contribution in [0.5, 0.6) is 5.75 Å². The first kappa shape index (κ1) is 15.9. The van der Waals surface area contributed by atoms with Crippen LogP contribution in [0.4, 0.5) is 8.78 Å². The summed E-state index contributed by atoms with van der Waals surface area (Å²) in [5.41, 5.74) is -0.645. The van der Waals surface area contributed by atoms with E-state index in [1.54, 1.807) is 18.4 Å².